The lowest BCUT2D eigenvalue weighted by molar-refractivity contribution is -0.118. The van der Waals surface area contributed by atoms with Crippen LogP contribution in [0.1, 0.15) is 18.1 Å². The van der Waals surface area contributed by atoms with Gasteiger partial charge in [0.2, 0.25) is 5.91 Å². The number of carbonyl (C=O) groups excluding carboxylic acids is 1. The van der Waals surface area contributed by atoms with Crippen LogP contribution in [0.25, 0.3) is 0 Å². The summed E-state index contributed by atoms with van der Waals surface area (Å²) in [6, 6.07) is 4.29. The van der Waals surface area contributed by atoms with Crippen LogP contribution in [-0.4, -0.2) is 34.9 Å². The van der Waals surface area contributed by atoms with Crippen molar-refractivity contribution >= 4 is 46.1 Å². The van der Waals surface area contributed by atoms with Crippen molar-refractivity contribution in [1.29, 1.82) is 0 Å². The van der Waals surface area contributed by atoms with E-state index in [9.17, 15) is 4.79 Å². The lowest BCUT2D eigenvalue weighted by Gasteiger charge is -2.16. The number of rotatable bonds is 4. The highest BCUT2D eigenvalue weighted by Gasteiger charge is 2.12. The first-order valence-corrected chi connectivity index (χ1v) is 6.09. The molecule has 0 aromatic heterocycles. The van der Waals surface area contributed by atoms with Crippen LogP contribution in [0.15, 0.2) is 12.1 Å². The molecule has 0 heterocycles. The van der Waals surface area contributed by atoms with E-state index < -0.39 is 0 Å². The minimum absolute atomic E-state index is 0.0898. The molecule has 0 saturated carbocycles. The van der Waals surface area contributed by atoms with Gasteiger partial charge in [-0.1, -0.05) is 17.1 Å². The van der Waals surface area contributed by atoms with Gasteiger partial charge < -0.3 is 0 Å². The van der Waals surface area contributed by atoms with Gasteiger partial charge >= 0.3 is 0 Å². The topological polar surface area (TPSA) is 41.1 Å². The molecule has 1 rings (SSSR count). The summed E-state index contributed by atoms with van der Waals surface area (Å²) in [5, 5.41) is 0. The van der Waals surface area contributed by atoms with Crippen LogP contribution in [0, 0.1) is 13.8 Å². The molecule has 86 valence electrons. The molecule has 0 aliphatic carbocycles. The molecule has 1 aromatic carbocycles. The SMILES string of the molecule is BBB(B)c1cc(C)c(NNC(C)=O)cc1C. The van der Waals surface area contributed by atoms with Crippen LogP contribution >= 0.6 is 0 Å². The van der Waals surface area contributed by atoms with Gasteiger partial charge in [0.1, 0.15) is 0 Å². The number of aryl methyl sites for hydroxylation is 2. The Kier molecular flexibility index (Phi) is 4.79. The molecule has 0 fully saturated rings. The fourth-order valence-electron chi connectivity index (χ4n) is 1.88. The third-order valence-electron chi connectivity index (χ3n) is 3.13. The van der Waals surface area contributed by atoms with Crippen molar-refractivity contribution in [3.63, 3.8) is 0 Å². The average Bonchev–Trinajstić information content (AvgIpc) is 2.28. The zero-order valence-corrected chi connectivity index (χ0v) is 11.3. The first-order valence-electron chi connectivity index (χ1n) is 6.09. The van der Waals surface area contributed by atoms with Crippen LogP contribution in [0.4, 0.5) is 5.69 Å². The number of hydrazine groups is 1. The number of nitrogens with one attached hydrogen (secondary N) is 2. The zero-order chi connectivity index (χ0) is 13.0. The molecule has 0 spiro atoms. The van der Waals surface area contributed by atoms with Crippen molar-refractivity contribution in [2.45, 2.75) is 20.8 Å². The number of carbonyl (C=O) groups is 1. The van der Waals surface area contributed by atoms with E-state index in [1.807, 2.05) is 0 Å². The number of hydrogen-bond acceptors (Lipinski definition) is 2. The van der Waals surface area contributed by atoms with Crippen molar-refractivity contribution in [2.24, 2.45) is 0 Å². The molecule has 0 atom stereocenters. The zero-order valence-electron chi connectivity index (χ0n) is 11.3. The molecular formula is C10H18B4N2O. The fourth-order valence-corrected chi connectivity index (χ4v) is 1.88. The molecule has 0 radical (unpaired) electrons. The largest absolute Gasteiger partial charge is 0.298 e. The second kappa shape index (κ2) is 5.89. The normalized spacial score (nSPS) is 9.59. The van der Waals surface area contributed by atoms with Crippen molar-refractivity contribution in [3.05, 3.63) is 23.3 Å². The molecule has 1 aromatic rings. The minimum Gasteiger partial charge on any atom is -0.298 e. The van der Waals surface area contributed by atoms with Crippen LogP contribution in [0.5, 0.6) is 0 Å². The molecule has 0 aliphatic rings. The average molecular weight is 226 g/mol. The van der Waals surface area contributed by atoms with Crippen molar-refractivity contribution in [3.8, 4) is 0 Å². The van der Waals surface area contributed by atoms with E-state index in [-0.39, 0.29) is 5.91 Å². The molecular weight excluding hydrogens is 207 g/mol. The predicted molar refractivity (Wildman–Crippen MR) is 83.0 cm³/mol. The fraction of sp³-hybridized carbons (Fsp3) is 0.300. The molecule has 0 saturated heterocycles. The summed E-state index contributed by atoms with van der Waals surface area (Å²) in [7, 11) is 5.57. The maximum Gasteiger partial charge on any atom is 0.235 e. The van der Waals surface area contributed by atoms with Crippen LogP contribution in [-0.2, 0) is 4.79 Å². The minimum atomic E-state index is -0.0898. The van der Waals surface area contributed by atoms with E-state index in [0.29, 0.717) is 6.49 Å². The van der Waals surface area contributed by atoms with E-state index in [1.54, 1.807) is 0 Å². The Balaban J connectivity index is 2.96. The monoisotopic (exact) mass is 226 g/mol. The Bertz CT molecular complexity index is 425. The summed E-state index contributed by atoms with van der Waals surface area (Å²) in [5.74, 6) is -0.0898. The highest BCUT2D eigenvalue weighted by molar-refractivity contribution is 7.50. The summed E-state index contributed by atoms with van der Waals surface area (Å²) in [4.78, 5) is 10.9. The molecule has 0 aliphatic heterocycles. The third kappa shape index (κ3) is 3.62. The molecule has 7 heteroatoms. The van der Waals surface area contributed by atoms with Crippen LogP contribution in [0.3, 0.4) is 0 Å². The summed E-state index contributed by atoms with van der Waals surface area (Å²) in [6.45, 7) is 6.22. The van der Waals surface area contributed by atoms with Crippen molar-refractivity contribution < 1.29 is 4.79 Å². The van der Waals surface area contributed by atoms with E-state index >= 15 is 0 Å². The molecule has 1 amide bonds. The predicted octanol–water partition coefficient (Wildman–Crippen LogP) is -1.92. The van der Waals surface area contributed by atoms with Gasteiger partial charge in [0.25, 0.3) is 0 Å². The van der Waals surface area contributed by atoms with Gasteiger partial charge in [-0.3, -0.25) is 15.6 Å². The standard InChI is InChI=1S/C10H18B4N2O/c1-6-5-10(16-15-8(3)17)7(2)4-9(6)14(12)13-11/h4-5,13,16H,11-12H2,1-3H3,(H,15,17). The molecule has 0 unspecified atom stereocenters. The lowest BCUT2D eigenvalue weighted by Crippen LogP contribution is -2.40. The maximum atomic E-state index is 10.9. The van der Waals surface area contributed by atoms with Crippen LogP contribution in [0.2, 0.25) is 0 Å². The summed E-state index contributed by atoms with van der Waals surface area (Å²) < 4.78 is 0. The highest BCUT2D eigenvalue weighted by atomic mass is 16.2. The number of hydrogen-bond donors (Lipinski definition) is 2. The molecule has 2 N–H and O–H groups in total. The molecule has 0 bridgehead atoms. The van der Waals surface area contributed by atoms with Crippen molar-refractivity contribution in [2.75, 3.05) is 5.43 Å². The van der Waals surface area contributed by atoms with Gasteiger partial charge in [-0.25, -0.2) is 0 Å². The summed E-state index contributed by atoms with van der Waals surface area (Å²) in [5.41, 5.74) is 10.3. The lowest BCUT2D eigenvalue weighted by atomic mass is 9.03. The van der Waals surface area contributed by atoms with Gasteiger partial charge in [0.05, 0.1) is 34.7 Å². The Hall–Kier alpha value is -1.25. The van der Waals surface area contributed by atoms with Gasteiger partial charge in [-0.2, -0.15) is 0 Å². The van der Waals surface area contributed by atoms with E-state index in [1.165, 1.54) is 17.9 Å². The van der Waals surface area contributed by atoms with Crippen molar-refractivity contribution in [1.82, 2.24) is 5.43 Å². The first kappa shape index (κ1) is 13.8. The van der Waals surface area contributed by atoms with Gasteiger partial charge in [-0.15, -0.1) is 0 Å². The quantitative estimate of drug-likeness (QED) is 0.463. The van der Waals surface area contributed by atoms with Gasteiger partial charge in [0, 0.05) is 6.92 Å². The number of anilines is 1. The summed E-state index contributed by atoms with van der Waals surface area (Å²) >= 11 is 0. The maximum absolute atomic E-state index is 10.9. The van der Waals surface area contributed by atoms with E-state index in [2.05, 4.69) is 52.3 Å². The second-order valence-electron chi connectivity index (χ2n) is 4.64. The van der Waals surface area contributed by atoms with Crippen LogP contribution < -0.4 is 16.3 Å². The third-order valence-corrected chi connectivity index (χ3v) is 3.13. The Morgan fingerprint density at radius 3 is 2.53 bits per heavy atom. The van der Waals surface area contributed by atoms with E-state index in [0.717, 1.165) is 18.3 Å². The van der Waals surface area contributed by atoms with E-state index in [4.69, 9.17) is 0 Å². The number of amides is 1. The second-order valence-corrected chi connectivity index (χ2v) is 4.64. The smallest absolute Gasteiger partial charge is 0.235 e. The van der Waals surface area contributed by atoms with Gasteiger partial charge in [0.15, 0.2) is 0 Å². The Morgan fingerprint density at radius 1 is 1.35 bits per heavy atom. The summed E-state index contributed by atoms with van der Waals surface area (Å²) in [6.07, 6.45) is 0. The Labute approximate surface area is 106 Å². The van der Waals surface area contributed by atoms with Gasteiger partial charge in [-0.05, 0) is 25.5 Å². The molecule has 17 heavy (non-hydrogen) atoms. The number of benzene rings is 1. The highest BCUT2D eigenvalue weighted by Crippen LogP contribution is 2.14. The molecule has 3 nitrogen and oxygen atoms in total. The Morgan fingerprint density at radius 2 is 2.00 bits per heavy atom. The first-order chi connectivity index (χ1) is 7.95.